The van der Waals surface area contributed by atoms with Crippen LogP contribution < -0.4 is 11.3 Å². The number of aromatic hydroxyl groups is 1. The molecule has 8 nitrogen and oxygen atoms in total. The highest BCUT2D eigenvalue weighted by atomic mass is 16.6. The van der Waals surface area contributed by atoms with Gasteiger partial charge in [0.25, 0.3) is 17.2 Å². The Morgan fingerprint density at radius 1 is 1.36 bits per heavy atom. The maximum Gasteiger partial charge on any atom is 0.269 e. The molecular weight excluding hydrogens is 290 g/mol. The Labute approximate surface area is 124 Å². The van der Waals surface area contributed by atoms with Gasteiger partial charge < -0.3 is 10.8 Å². The van der Waals surface area contributed by atoms with E-state index in [1.54, 1.807) is 0 Å². The van der Waals surface area contributed by atoms with Crippen LogP contribution in [0, 0.1) is 17.0 Å². The smallest absolute Gasteiger partial charge is 0.269 e. The summed E-state index contributed by atoms with van der Waals surface area (Å²) in [6.45, 7) is 1.46. The van der Waals surface area contributed by atoms with Crippen LogP contribution in [0.25, 0.3) is 0 Å². The molecule has 22 heavy (non-hydrogen) atoms. The summed E-state index contributed by atoms with van der Waals surface area (Å²) in [7, 11) is 0. The van der Waals surface area contributed by atoms with Gasteiger partial charge in [0.1, 0.15) is 5.56 Å². The fourth-order valence-corrected chi connectivity index (χ4v) is 2.11. The zero-order valence-corrected chi connectivity index (χ0v) is 11.6. The number of benzene rings is 1. The van der Waals surface area contributed by atoms with Crippen molar-refractivity contribution in [2.75, 3.05) is 0 Å². The maximum absolute atomic E-state index is 12.0. The number of hydrogen-bond acceptors (Lipinski definition) is 5. The van der Waals surface area contributed by atoms with Crippen LogP contribution in [0.4, 0.5) is 5.69 Å². The minimum atomic E-state index is -0.840. The van der Waals surface area contributed by atoms with E-state index in [0.29, 0.717) is 5.56 Å². The summed E-state index contributed by atoms with van der Waals surface area (Å²) in [6.07, 6.45) is 0. The van der Waals surface area contributed by atoms with E-state index in [1.807, 2.05) is 0 Å². The predicted molar refractivity (Wildman–Crippen MR) is 77.8 cm³/mol. The van der Waals surface area contributed by atoms with E-state index in [1.165, 1.54) is 37.3 Å². The molecule has 8 heteroatoms. The van der Waals surface area contributed by atoms with Gasteiger partial charge >= 0.3 is 0 Å². The Bertz CT molecular complexity index is 808. The van der Waals surface area contributed by atoms with E-state index in [9.17, 15) is 24.8 Å². The number of primary amides is 1. The van der Waals surface area contributed by atoms with Crippen molar-refractivity contribution in [1.82, 2.24) is 4.57 Å². The van der Waals surface area contributed by atoms with Crippen LogP contribution in [0.1, 0.15) is 21.5 Å². The van der Waals surface area contributed by atoms with Crippen LogP contribution in [0.15, 0.2) is 35.1 Å². The highest BCUT2D eigenvalue weighted by Crippen LogP contribution is 2.20. The molecule has 0 spiro atoms. The van der Waals surface area contributed by atoms with Gasteiger partial charge in [0.2, 0.25) is 5.88 Å². The molecule has 0 aliphatic heterocycles. The van der Waals surface area contributed by atoms with E-state index >= 15 is 0 Å². The van der Waals surface area contributed by atoms with E-state index in [0.717, 1.165) is 4.57 Å². The van der Waals surface area contributed by atoms with E-state index in [2.05, 4.69) is 0 Å². The summed E-state index contributed by atoms with van der Waals surface area (Å²) in [4.78, 5) is 33.4. The molecule has 0 atom stereocenters. The Balaban J connectivity index is 2.45. The fourth-order valence-electron chi connectivity index (χ4n) is 2.11. The number of hydrogen-bond donors (Lipinski definition) is 2. The Morgan fingerprint density at radius 3 is 2.45 bits per heavy atom. The van der Waals surface area contributed by atoms with Gasteiger partial charge in [0.05, 0.1) is 11.5 Å². The van der Waals surface area contributed by atoms with Crippen LogP contribution in [0.2, 0.25) is 0 Å². The molecule has 0 bridgehead atoms. The number of carbonyl (C=O) groups excluding carboxylic acids is 1. The second-order valence-electron chi connectivity index (χ2n) is 4.74. The Morgan fingerprint density at radius 2 is 1.95 bits per heavy atom. The topological polar surface area (TPSA) is 128 Å². The molecule has 1 heterocycles. The van der Waals surface area contributed by atoms with Crippen molar-refractivity contribution in [2.24, 2.45) is 5.73 Å². The molecule has 0 unspecified atom stereocenters. The molecule has 1 aromatic heterocycles. The van der Waals surface area contributed by atoms with Crippen LogP contribution in [-0.4, -0.2) is 20.5 Å². The van der Waals surface area contributed by atoms with Crippen molar-refractivity contribution in [3.63, 3.8) is 0 Å². The van der Waals surface area contributed by atoms with Crippen molar-refractivity contribution in [2.45, 2.75) is 13.5 Å². The highest BCUT2D eigenvalue weighted by molar-refractivity contribution is 5.96. The quantitative estimate of drug-likeness (QED) is 0.641. The molecule has 0 aliphatic rings. The van der Waals surface area contributed by atoms with Crippen molar-refractivity contribution >= 4 is 11.6 Å². The second-order valence-corrected chi connectivity index (χ2v) is 4.74. The zero-order valence-electron chi connectivity index (χ0n) is 11.6. The lowest BCUT2D eigenvalue weighted by Gasteiger charge is -2.12. The number of rotatable bonds is 4. The summed E-state index contributed by atoms with van der Waals surface area (Å²) in [5.74, 6) is -1.36. The van der Waals surface area contributed by atoms with Crippen LogP contribution in [0.5, 0.6) is 5.88 Å². The van der Waals surface area contributed by atoms with Gasteiger partial charge in [-0.1, -0.05) is 12.1 Å². The van der Waals surface area contributed by atoms with E-state index in [4.69, 9.17) is 5.73 Å². The number of nitro benzene ring substituents is 1. The number of aromatic nitrogens is 1. The van der Waals surface area contributed by atoms with E-state index < -0.39 is 22.3 Å². The highest BCUT2D eigenvalue weighted by Gasteiger charge is 2.17. The first-order valence-electron chi connectivity index (χ1n) is 6.27. The largest absolute Gasteiger partial charge is 0.494 e. The molecule has 3 N–H and O–H groups in total. The average Bonchev–Trinajstić information content (AvgIpc) is 2.43. The molecule has 0 fully saturated rings. The number of nitrogens with two attached hydrogens (primary N) is 1. The number of aryl methyl sites for hydroxylation is 1. The summed E-state index contributed by atoms with van der Waals surface area (Å²) in [5, 5.41) is 20.7. The average molecular weight is 303 g/mol. The van der Waals surface area contributed by atoms with Crippen LogP contribution >= 0.6 is 0 Å². The first kappa shape index (κ1) is 15.2. The molecule has 0 radical (unpaired) electrons. The first-order chi connectivity index (χ1) is 10.3. The Kier molecular flexibility index (Phi) is 3.93. The first-order valence-corrected chi connectivity index (χ1v) is 6.27. The molecule has 0 saturated heterocycles. The molecule has 2 aromatic rings. The molecule has 1 aromatic carbocycles. The number of nitro groups is 1. The lowest BCUT2D eigenvalue weighted by Crippen LogP contribution is -2.25. The second kappa shape index (κ2) is 5.68. The molecule has 1 amide bonds. The molecule has 114 valence electrons. The van der Waals surface area contributed by atoms with Crippen molar-refractivity contribution in [3.05, 3.63) is 67.5 Å². The molecule has 0 saturated carbocycles. The van der Waals surface area contributed by atoms with Gasteiger partial charge in [-0.3, -0.25) is 24.3 Å². The monoisotopic (exact) mass is 303 g/mol. The Hall–Kier alpha value is -3.16. The van der Waals surface area contributed by atoms with Crippen LogP contribution in [0.3, 0.4) is 0 Å². The summed E-state index contributed by atoms with van der Waals surface area (Å²) in [5.41, 5.74) is 5.33. The minimum absolute atomic E-state index is 0.0385. The van der Waals surface area contributed by atoms with Gasteiger partial charge in [-0.05, 0) is 18.1 Å². The number of pyridine rings is 1. The SMILES string of the molecule is Cc1cc(=O)n(Cc2ccc([N+](=O)[O-])cc2)c(O)c1C(N)=O. The lowest BCUT2D eigenvalue weighted by molar-refractivity contribution is -0.384. The van der Waals surface area contributed by atoms with Crippen molar-refractivity contribution < 1.29 is 14.8 Å². The number of carbonyl (C=O) groups is 1. The number of non-ortho nitro benzene ring substituents is 1. The normalized spacial score (nSPS) is 10.4. The zero-order chi connectivity index (χ0) is 16.4. The lowest BCUT2D eigenvalue weighted by atomic mass is 10.1. The maximum atomic E-state index is 12.0. The van der Waals surface area contributed by atoms with Crippen molar-refractivity contribution in [1.29, 1.82) is 0 Å². The predicted octanol–water partition coefficient (Wildman–Crippen LogP) is 0.918. The van der Waals surface area contributed by atoms with Gasteiger partial charge in [-0.15, -0.1) is 0 Å². The van der Waals surface area contributed by atoms with Gasteiger partial charge in [-0.25, -0.2) is 0 Å². The summed E-state index contributed by atoms with van der Waals surface area (Å²) >= 11 is 0. The van der Waals surface area contributed by atoms with E-state index in [-0.39, 0.29) is 23.4 Å². The van der Waals surface area contributed by atoms with Gasteiger partial charge in [0.15, 0.2) is 0 Å². The third-order valence-corrected chi connectivity index (χ3v) is 3.21. The van der Waals surface area contributed by atoms with Crippen molar-refractivity contribution in [3.8, 4) is 5.88 Å². The molecule has 2 rings (SSSR count). The summed E-state index contributed by atoms with van der Waals surface area (Å²) in [6, 6.07) is 6.72. The molecule has 0 aliphatic carbocycles. The number of nitrogens with zero attached hydrogens (tertiary/aromatic N) is 2. The summed E-state index contributed by atoms with van der Waals surface area (Å²) < 4.78 is 0.980. The fraction of sp³-hybridized carbons (Fsp3) is 0.143. The minimum Gasteiger partial charge on any atom is -0.494 e. The third kappa shape index (κ3) is 2.80. The standard InChI is InChI=1S/C14H13N3O5/c1-8-6-11(18)16(14(20)12(8)13(15)19)7-9-2-4-10(5-3-9)17(21)22/h2-6,20H,7H2,1H3,(H2,15,19). The van der Waals surface area contributed by atoms with Gasteiger partial charge in [-0.2, -0.15) is 0 Å². The third-order valence-electron chi connectivity index (χ3n) is 3.21. The number of amides is 1. The molecular formula is C14H13N3O5. The van der Waals surface area contributed by atoms with Gasteiger partial charge in [0, 0.05) is 18.2 Å². The van der Waals surface area contributed by atoms with Crippen LogP contribution in [-0.2, 0) is 6.54 Å².